The van der Waals surface area contributed by atoms with Gasteiger partial charge >= 0.3 is 0 Å². The Bertz CT molecular complexity index is 413. The van der Waals surface area contributed by atoms with Gasteiger partial charge in [-0.05, 0) is 31.2 Å². The van der Waals surface area contributed by atoms with Gasteiger partial charge in [0.05, 0.1) is 12.6 Å². The first kappa shape index (κ1) is 13.1. The lowest BCUT2D eigenvalue weighted by Gasteiger charge is -2.40. The summed E-state index contributed by atoms with van der Waals surface area (Å²) in [4.78, 5) is 13.9. The van der Waals surface area contributed by atoms with Crippen LogP contribution in [0.4, 0.5) is 0 Å². The molecule has 2 rings (SSSR count). The zero-order valence-corrected chi connectivity index (χ0v) is 11.2. The fourth-order valence-electron chi connectivity index (χ4n) is 2.86. The van der Waals surface area contributed by atoms with E-state index in [1.807, 2.05) is 4.90 Å². The Morgan fingerprint density at radius 3 is 2.67 bits per heavy atom. The topological polar surface area (TPSA) is 46.3 Å². The Balaban J connectivity index is 2.29. The van der Waals surface area contributed by atoms with Crippen molar-refractivity contribution in [2.45, 2.75) is 32.7 Å². The average Bonchev–Trinajstić information content (AvgIpc) is 2.39. The Morgan fingerprint density at radius 2 is 2.06 bits per heavy atom. The van der Waals surface area contributed by atoms with Crippen molar-refractivity contribution in [1.82, 2.24) is 4.90 Å². The molecule has 0 radical (unpaired) electrons. The molecule has 1 aromatic rings. The van der Waals surface area contributed by atoms with Crippen LogP contribution in [0.5, 0.6) is 0 Å². The van der Waals surface area contributed by atoms with Crippen molar-refractivity contribution < 1.29 is 4.79 Å². The summed E-state index contributed by atoms with van der Waals surface area (Å²) in [5, 5.41) is 0. The van der Waals surface area contributed by atoms with Crippen molar-refractivity contribution >= 4 is 5.91 Å². The second-order valence-electron chi connectivity index (χ2n) is 5.27. The predicted octanol–water partition coefficient (Wildman–Crippen LogP) is 2.25. The van der Waals surface area contributed by atoms with E-state index in [2.05, 4.69) is 38.1 Å². The highest BCUT2D eigenvalue weighted by atomic mass is 16.2. The van der Waals surface area contributed by atoms with Crippen LogP contribution in [0.2, 0.25) is 0 Å². The fourth-order valence-corrected chi connectivity index (χ4v) is 2.86. The zero-order valence-electron chi connectivity index (χ0n) is 11.2. The van der Waals surface area contributed by atoms with E-state index in [9.17, 15) is 4.79 Å². The van der Waals surface area contributed by atoms with Crippen LogP contribution in [-0.2, 0) is 4.79 Å². The van der Waals surface area contributed by atoms with Gasteiger partial charge in [0.15, 0.2) is 0 Å². The monoisotopic (exact) mass is 246 g/mol. The Hall–Kier alpha value is -1.35. The molecule has 98 valence electrons. The predicted molar refractivity (Wildman–Crippen MR) is 73.1 cm³/mol. The van der Waals surface area contributed by atoms with E-state index in [4.69, 9.17) is 5.73 Å². The van der Waals surface area contributed by atoms with E-state index in [0.717, 1.165) is 13.0 Å². The van der Waals surface area contributed by atoms with E-state index in [-0.39, 0.29) is 18.5 Å². The van der Waals surface area contributed by atoms with Gasteiger partial charge < -0.3 is 10.6 Å². The second kappa shape index (κ2) is 5.53. The number of amides is 1. The van der Waals surface area contributed by atoms with E-state index in [1.165, 1.54) is 17.5 Å². The molecule has 3 nitrogen and oxygen atoms in total. The van der Waals surface area contributed by atoms with Gasteiger partial charge in [-0.1, -0.05) is 36.8 Å². The van der Waals surface area contributed by atoms with Crippen LogP contribution in [0.25, 0.3) is 0 Å². The standard InChI is InChI=1S/C15H22N2O/c1-11-5-7-13(8-6-11)15-12(2)4-3-9-17(15)14(18)10-16/h5-8,12,15H,3-4,9-10,16H2,1-2H3/t12-,15-/m0/s1. The number of carbonyl (C=O) groups is 1. The third kappa shape index (κ3) is 2.56. The lowest BCUT2D eigenvalue weighted by molar-refractivity contribution is -0.135. The van der Waals surface area contributed by atoms with Crippen LogP contribution in [-0.4, -0.2) is 23.9 Å². The largest absolute Gasteiger partial charge is 0.334 e. The van der Waals surface area contributed by atoms with Crippen molar-refractivity contribution in [2.24, 2.45) is 11.7 Å². The number of benzene rings is 1. The van der Waals surface area contributed by atoms with Gasteiger partial charge in [-0.25, -0.2) is 0 Å². The van der Waals surface area contributed by atoms with Gasteiger partial charge in [-0.3, -0.25) is 4.79 Å². The number of nitrogens with zero attached hydrogens (tertiary/aromatic N) is 1. The van der Waals surface area contributed by atoms with Crippen molar-refractivity contribution in [3.8, 4) is 0 Å². The molecule has 0 bridgehead atoms. The molecule has 3 heteroatoms. The SMILES string of the molecule is Cc1ccc([C@@H]2[C@@H](C)CCCN2C(=O)CN)cc1. The highest BCUT2D eigenvalue weighted by Crippen LogP contribution is 2.35. The third-order valence-electron chi connectivity index (χ3n) is 3.85. The summed E-state index contributed by atoms with van der Waals surface area (Å²) in [5.41, 5.74) is 8.00. The molecule has 1 aliphatic heterocycles. The molecule has 0 unspecified atom stereocenters. The maximum atomic E-state index is 12.0. The molecule has 2 atom stereocenters. The molecule has 1 aromatic carbocycles. The molecule has 2 N–H and O–H groups in total. The number of aryl methyl sites for hydroxylation is 1. The van der Waals surface area contributed by atoms with Gasteiger partial charge in [-0.15, -0.1) is 0 Å². The fraction of sp³-hybridized carbons (Fsp3) is 0.533. The van der Waals surface area contributed by atoms with E-state index in [0.29, 0.717) is 5.92 Å². The smallest absolute Gasteiger partial charge is 0.236 e. The third-order valence-corrected chi connectivity index (χ3v) is 3.85. The normalized spacial score (nSPS) is 24.1. The number of carbonyl (C=O) groups excluding carboxylic acids is 1. The lowest BCUT2D eigenvalue weighted by atomic mass is 9.85. The zero-order chi connectivity index (χ0) is 13.1. The van der Waals surface area contributed by atoms with Crippen molar-refractivity contribution in [1.29, 1.82) is 0 Å². The minimum atomic E-state index is 0.0622. The summed E-state index contributed by atoms with van der Waals surface area (Å²) in [6.07, 6.45) is 2.25. The molecular formula is C15H22N2O. The highest BCUT2D eigenvalue weighted by molar-refractivity contribution is 5.78. The van der Waals surface area contributed by atoms with Crippen LogP contribution in [0, 0.1) is 12.8 Å². The van der Waals surface area contributed by atoms with Crippen LogP contribution in [0.3, 0.4) is 0 Å². The quantitative estimate of drug-likeness (QED) is 0.870. The summed E-state index contributed by atoms with van der Waals surface area (Å²) < 4.78 is 0. The minimum Gasteiger partial charge on any atom is -0.334 e. The summed E-state index contributed by atoms with van der Waals surface area (Å²) >= 11 is 0. The molecule has 0 saturated carbocycles. The molecular weight excluding hydrogens is 224 g/mol. The Kier molecular flexibility index (Phi) is 4.02. The van der Waals surface area contributed by atoms with Gasteiger partial charge in [0.25, 0.3) is 0 Å². The molecule has 1 amide bonds. The maximum absolute atomic E-state index is 12.0. The van der Waals surface area contributed by atoms with Gasteiger partial charge in [0.1, 0.15) is 0 Å². The van der Waals surface area contributed by atoms with E-state index in [1.54, 1.807) is 0 Å². The molecule has 1 heterocycles. The van der Waals surface area contributed by atoms with Crippen LogP contribution in [0.1, 0.15) is 36.9 Å². The van der Waals surface area contributed by atoms with Crippen molar-refractivity contribution in [3.63, 3.8) is 0 Å². The number of piperidine rings is 1. The maximum Gasteiger partial charge on any atom is 0.236 e. The number of hydrogen-bond donors (Lipinski definition) is 1. The number of hydrogen-bond acceptors (Lipinski definition) is 2. The van der Waals surface area contributed by atoms with Crippen molar-refractivity contribution in [2.75, 3.05) is 13.1 Å². The van der Waals surface area contributed by atoms with Crippen LogP contribution >= 0.6 is 0 Å². The first-order valence-corrected chi connectivity index (χ1v) is 6.69. The van der Waals surface area contributed by atoms with E-state index >= 15 is 0 Å². The number of likely N-dealkylation sites (tertiary alicyclic amines) is 1. The van der Waals surface area contributed by atoms with Gasteiger partial charge in [0.2, 0.25) is 5.91 Å². The molecule has 0 aromatic heterocycles. The Morgan fingerprint density at radius 1 is 1.39 bits per heavy atom. The van der Waals surface area contributed by atoms with Gasteiger partial charge in [0, 0.05) is 6.54 Å². The van der Waals surface area contributed by atoms with Crippen molar-refractivity contribution in [3.05, 3.63) is 35.4 Å². The van der Waals surface area contributed by atoms with Crippen LogP contribution < -0.4 is 5.73 Å². The summed E-state index contributed by atoms with van der Waals surface area (Å²) in [6.45, 7) is 5.24. The number of rotatable bonds is 2. The molecule has 1 aliphatic rings. The van der Waals surface area contributed by atoms with E-state index < -0.39 is 0 Å². The number of nitrogens with two attached hydrogens (primary N) is 1. The second-order valence-corrected chi connectivity index (χ2v) is 5.27. The lowest BCUT2D eigenvalue weighted by Crippen LogP contribution is -2.44. The van der Waals surface area contributed by atoms with Crippen LogP contribution in [0.15, 0.2) is 24.3 Å². The molecule has 0 spiro atoms. The first-order valence-electron chi connectivity index (χ1n) is 6.69. The average molecular weight is 246 g/mol. The molecule has 0 aliphatic carbocycles. The summed E-state index contributed by atoms with van der Waals surface area (Å²) in [7, 11) is 0. The Labute approximate surface area is 109 Å². The molecule has 18 heavy (non-hydrogen) atoms. The van der Waals surface area contributed by atoms with Gasteiger partial charge in [-0.2, -0.15) is 0 Å². The first-order chi connectivity index (χ1) is 8.63. The molecule has 1 fully saturated rings. The highest BCUT2D eigenvalue weighted by Gasteiger charge is 2.32. The minimum absolute atomic E-state index is 0.0622. The molecule has 1 saturated heterocycles. The summed E-state index contributed by atoms with van der Waals surface area (Å²) in [6, 6.07) is 8.69. The summed E-state index contributed by atoms with van der Waals surface area (Å²) in [5.74, 6) is 0.559.